The van der Waals surface area contributed by atoms with E-state index in [1.807, 2.05) is 0 Å². The summed E-state index contributed by atoms with van der Waals surface area (Å²) in [5.41, 5.74) is 1.61. The van der Waals surface area contributed by atoms with Crippen LogP contribution in [0.3, 0.4) is 0 Å². The van der Waals surface area contributed by atoms with E-state index < -0.39 is 0 Å². The number of hydrogen-bond acceptors (Lipinski definition) is 2. The highest BCUT2D eigenvalue weighted by atomic mass is 16.4. The summed E-state index contributed by atoms with van der Waals surface area (Å²) >= 11 is 0. The van der Waals surface area contributed by atoms with Gasteiger partial charge in [0, 0.05) is 11.8 Å². The van der Waals surface area contributed by atoms with Crippen LogP contribution in [-0.2, 0) is 0 Å². The Labute approximate surface area is 186 Å². The molecule has 3 rings (SSSR count). The molecule has 0 aliphatic heterocycles. The van der Waals surface area contributed by atoms with Gasteiger partial charge in [0.25, 0.3) is 0 Å². The molecule has 30 heavy (non-hydrogen) atoms. The largest absolute Gasteiger partial charge is 0.411 e. The maximum absolute atomic E-state index is 9.80. The van der Waals surface area contributed by atoms with Gasteiger partial charge in [0.15, 0.2) is 0 Å². The van der Waals surface area contributed by atoms with Gasteiger partial charge < -0.3 is 5.21 Å². The van der Waals surface area contributed by atoms with E-state index >= 15 is 0 Å². The third-order valence-electron chi connectivity index (χ3n) is 9.97. The highest BCUT2D eigenvalue weighted by molar-refractivity contribution is 5.90. The summed E-state index contributed by atoms with van der Waals surface area (Å²) in [6, 6.07) is 0. The van der Waals surface area contributed by atoms with Crippen molar-refractivity contribution in [2.45, 2.75) is 112 Å². The van der Waals surface area contributed by atoms with Gasteiger partial charge in [-0.05, 0) is 92.3 Å². The Bertz CT molecular complexity index is 646. The summed E-state index contributed by atoms with van der Waals surface area (Å²) in [5.74, 6) is 7.73. The molecule has 2 nitrogen and oxygen atoms in total. The van der Waals surface area contributed by atoms with Gasteiger partial charge in [-0.3, -0.25) is 0 Å². The van der Waals surface area contributed by atoms with E-state index in [9.17, 15) is 5.21 Å². The van der Waals surface area contributed by atoms with Gasteiger partial charge in [-0.25, -0.2) is 0 Å². The molecule has 0 aromatic heterocycles. The van der Waals surface area contributed by atoms with Crippen molar-refractivity contribution in [2.75, 3.05) is 0 Å². The molecule has 0 saturated heterocycles. The lowest BCUT2D eigenvalue weighted by molar-refractivity contribution is -0.0451. The van der Waals surface area contributed by atoms with Crippen molar-refractivity contribution in [3.63, 3.8) is 0 Å². The molecule has 3 aliphatic carbocycles. The number of unbranched alkanes of at least 4 members (excludes halogenated alkanes) is 1. The number of hydrogen-bond donors (Lipinski definition) is 1. The average molecular weight is 414 g/mol. The van der Waals surface area contributed by atoms with E-state index in [1.54, 1.807) is 0 Å². The lowest BCUT2D eigenvalue weighted by Crippen LogP contribution is -2.52. The zero-order valence-corrected chi connectivity index (χ0v) is 20.4. The van der Waals surface area contributed by atoms with Crippen LogP contribution in [0.5, 0.6) is 0 Å². The topological polar surface area (TPSA) is 32.6 Å². The lowest BCUT2D eigenvalue weighted by atomic mass is 9.47. The maximum atomic E-state index is 9.80. The van der Waals surface area contributed by atoms with Gasteiger partial charge in [-0.1, -0.05) is 59.0 Å². The Balaban J connectivity index is 1.74. The molecule has 1 N–H and O–H groups in total. The molecule has 0 bridgehead atoms. The van der Waals surface area contributed by atoms with E-state index in [0.717, 1.165) is 61.0 Å². The smallest absolute Gasteiger partial charge is 0.0632 e. The van der Waals surface area contributed by atoms with Gasteiger partial charge in [-0.2, -0.15) is 0 Å². The molecule has 170 valence electrons. The molecule has 0 amide bonds. The van der Waals surface area contributed by atoms with Crippen LogP contribution in [-0.4, -0.2) is 10.9 Å². The fourth-order valence-electron chi connectivity index (χ4n) is 8.36. The monoisotopic (exact) mass is 413 g/mol. The average Bonchev–Trinajstić information content (AvgIpc) is 3.05. The fraction of sp³-hybridized carbons (Fsp3) is 0.893. The molecule has 0 unspecified atom stereocenters. The molecular weight excluding hydrogens is 366 g/mol. The Morgan fingerprint density at radius 3 is 2.50 bits per heavy atom. The second-order valence-corrected chi connectivity index (χ2v) is 12.0. The van der Waals surface area contributed by atoms with E-state index in [1.165, 1.54) is 51.4 Å². The van der Waals surface area contributed by atoms with Crippen LogP contribution in [0.1, 0.15) is 112 Å². The molecule has 0 aromatic carbocycles. The molecule has 2 heteroatoms. The van der Waals surface area contributed by atoms with E-state index in [4.69, 9.17) is 6.42 Å². The molecule has 3 fully saturated rings. The first-order chi connectivity index (χ1) is 14.3. The minimum absolute atomic E-state index is 0.0385. The molecule has 0 radical (unpaired) electrons. The van der Waals surface area contributed by atoms with Crippen molar-refractivity contribution < 1.29 is 5.21 Å². The number of rotatable bonds is 8. The summed E-state index contributed by atoms with van der Waals surface area (Å²) < 4.78 is 0. The summed E-state index contributed by atoms with van der Waals surface area (Å²) in [5, 5.41) is 13.6. The van der Waals surface area contributed by atoms with Crippen molar-refractivity contribution in [3.05, 3.63) is 0 Å². The number of oxime groups is 1. The summed E-state index contributed by atoms with van der Waals surface area (Å²) in [7, 11) is 0. The fourth-order valence-corrected chi connectivity index (χ4v) is 8.36. The normalized spacial score (nSPS) is 40.8. The molecule has 0 aromatic rings. The van der Waals surface area contributed by atoms with Crippen molar-refractivity contribution in [2.24, 2.45) is 51.5 Å². The molecule has 7 atom stereocenters. The van der Waals surface area contributed by atoms with Gasteiger partial charge >= 0.3 is 0 Å². The van der Waals surface area contributed by atoms with Gasteiger partial charge in [0.1, 0.15) is 0 Å². The van der Waals surface area contributed by atoms with Crippen LogP contribution in [0.2, 0.25) is 0 Å². The first kappa shape index (κ1) is 23.7. The number of nitrogens with zero attached hydrogens (tertiary/aromatic N) is 1. The zero-order chi connectivity index (χ0) is 21.9. The first-order valence-electron chi connectivity index (χ1n) is 12.9. The van der Waals surface area contributed by atoms with Crippen LogP contribution in [0.15, 0.2) is 5.16 Å². The second-order valence-electron chi connectivity index (χ2n) is 12.0. The molecular formula is C28H47NO. The Hall–Kier alpha value is -0.970. The molecule has 3 saturated carbocycles. The van der Waals surface area contributed by atoms with E-state index in [2.05, 4.69) is 45.7 Å². The predicted octanol–water partition coefficient (Wildman–Crippen LogP) is 7.94. The van der Waals surface area contributed by atoms with Crippen molar-refractivity contribution in [3.8, 4) is 12.3 Å². The Kier molecular flexibility index (Phi) is 7.63. The van der Waals surface area contributed by atoms with E-state index in [0.29, 0.717) is 11.3 Å². The quantitative estimate of drug-likeness (QED) is 0.186. The third kappa shape index (κ3) is 4.33. The van der Waals surface area contributed by atoms with Crippen molar-refractivity contribution >= 4 is 5.71 Å². The van der Waals surface area contributed by atoms with Crippen molar-refractivity contribution in [1.29, 1.82) is 0 Å². The van der Waals surface area contributed by atoms with Crippen LogP contribution >= 0.6 is 0 Å². The number of terminal acetylenes is 1. The third-order valence-corrected chi connectivity index (χ3v) is 9.97. The van der Waals surface area contributed by atoms with Crippen LogP contribution in [0.4, 0.5) is 0 Å². The highest BCUT2D eigenvalue weighted by Crippen LogP contribution is 2.66. The van der Waals surface area contributed by atoms with Crippen LogP contribution < -0.4 is 0 Å². The number of fused-ring (bicyclic) bond motifs is 3. The summed E-state index contributed by atoms with van der Waals surface area (Å²) in [6.45, 7) is 12.3. The maximum Gasteiger partial charge on any atom is 0.0632 e. The molecule has 0 heterocycles. The van der Waals surface area contributed by atoms with Crippen LogP contribution in [0, 0.1) is 58.7 Å². The predicted molar refractivity (Wildman–Crippen MR) is 128 cm³/mol. The van der Waals surface area contributed by atoms with Crippen molar-refractivity contribution in [1.82, 2.24) is 0 Å². The highest BCUT2D eigenvalue weighted by Gasteiger charge is 2.59. The Morgan fingerprint density at radius 1 is 1.07 bits per heavy atom. The molecule has 0 spiro atoms. The van der Waals surface area contributed by atoms with E-state index in [-0.39, 0.29) is 5.41 Å². The Morgan fingerprint density at radius 2 is 1.83 bits per heavy atom. The van der Waals surface area contributed by atoms with Gasteiger partial charge in [-0.15, -0.1) is 12.3 Å². The van der Waals surface area contributed by atoms with Gasteiger partial charge in [0.2, 0.25) is 0 Å². The van der Waals surface area contributed by atoms with Gasteiger partial charge in [0.05, 0.1) is 5.71 Å². The summed E-state index contributed by atoms with van der Waals surface area (Å²) in [4.78, 5) is 0. The minimum atomic E-state index is 0.0385. The summed E-state index contributed by atoms with van der Waals surface area (Å²) in [6.07, 6.45) is 20.4. The second kappa shape index (κ2) is 9.67. The first-order valence-corrected chi connectivity index (χ1v) is 12.9. The molecule has 3 aliphatic rings. The lowest BCUT2D eigenvalue weighted by Gasteiger charge is -2.57. The van der Waals surface area contributed by atoms with Crippen LogP contribution in [0.25, 0.3) is 0 Å². The zero-order valence-electron chi connectivity index (χ0n) is 20.4. The standard InChI is InChI=1S/C28H47NO/c1-7-8-9-18-28(6)25-17-19-27(5)23(21(4)12-10-11-20(2)3)14-15-24(27)22(25)13-16-26(28)29-30/h1,20-25,30H,8-19H2,2-6H3/b29-26+/t21-,22+,23-,24+,25+,27-,28-/m1/s1. The minimum Gasteiger partial charge on any atom is -0.411 e. The SMILES string of the molecule is C#CCCC[C@@]1(C)/C(=N/O)CC[C@H]2[C@@H]3CC[C@H]([C@H](C)CCCC(C)C)[C@@]3(C)CC[C@@H]21.